The molecule has 0 aromatic carbocycles. The summed E-state index contributed by atoms with van der Waals surface area (Å²) < 4.78 is 0. The van der Waals surface area contributed by atoms with Gasteiger partial charge in [-0.25, -0.2) is 0 Å². The van der Waals surface area contributed by atoms with Gasteiger partial charge in [-0.2, -0.15) is 0 Å². The number of allylic oxidation sites excluding steroid dienone is 2. The SMILES string of the molecule is CCC(C)CCCC=CCCCCCCCC(=O)O. The summed E-state index contributed by atoms with van der Waals surface area (Å²) in [5, 5.41) is 8.50. The molecule has 112 valence electrons. The Morgan fingerprint density at radius 2 is 1.58 bits per heavy atom. The Kier molecular flexibility index (Phi) is 13.1. The van der Waals surface area contributed by atoms with Gasteiger partial charge in [-0.3, -0.25) is 4.79 Å². The van der Waals surface area contributed by atoms with E-state index in [2.05, 4.69) is 26.0 Å². The van der Waals surface area contributed by atoms with Crippen molar-refractivity contribution in [2.75, 3.05) is 0 Å². The lowest BCUT2D eigenvalue weighted by molar-refractivity contribution is -0.137. The van der Waals surface area contributed by atoms with E-state index < -0.39 is 5.97 Å². The molecule has 1 N–H and O–H groups in total. The second-order valence-corrected chi connectivity index (χ2v) is 5.62. The summed E-state index contributed by atoms with van der Waals surface area (Å²) in [7, 11) is 0. The van der Waals surface area contributed by atoms with Crippen LogP contribution >= 0.6 is 0 Å². The third-order valence-electron chi connectivity index (χ3n) is 3.69. The van der Waals surface area contributed by atoms with Crippen molar-refractivity contribution < 1.29 is 9.90 Å². The van der Waals surface area contributed by atoms with Gasteiger partial charge >= 0.3 is 5.97 Å². The topological polar surface area (TPSA) is 37.3 Å². The molecule has 0 spiro atoms. The number of carboxylic acids is 1. The Labute approximate surface area is 119 Å². The molecule has 0 aromatic rings. The van der Waals surface area contributed by atoms with Crippen molar-refractivity contribution in [2.24, 2.45) is 5.92 Å². The van der Waals surface area contributed by atoms with Crippen molar-refractivity contribution in [3.8, 4) is 0 Å². The molecule has 0 heterocycles. The van der Waals surface area contributed by atoms with Crippen molar-refractivity contribution in [1.82, 2.24) is 0 Å². The van der Waals surface area contributed by atoms with Gasteiger partial charge in [-0.15, -0.1) is 0 Å². The summed E-state index contributed by atoms with van der Waals surface area (Å²) in [5.74, 6) is 0.208. The van der Waals surface area contributed by atoms with E-state index in [1.54, 1.807) is 0 Å². The molecule has 0 amide bonds. The standard InChI is InChI=1S/C17H32O2/c1-3-16(2)14-12-10-8-6-4-5-7-9-11-13-15-17(18)19/h6,8,16H,3-5,7,9-15H2,1-2H3,(H,18,19). The van der Waals surface area contributed by atoms with Crippen LogP contribution in [-0.2, 0) is 4.79 Å². The average Bonchev–Trinajstić information content (AvgIpc) is 2.39. The van der Waals surface area contributed by atoms with E-state index in [1.807, 2.05) is 0 Å². The van der Waals surface area contributed by atoms with Crippen LogP contribution in [-0.4, -0.2) is 11.1 Å². The first kappa shape index (κ1) is 18.2. The molecule has 1 atom stereocenters. The van der Waals surface area contributed by atoms with E-state index in [0.717, 1.165) is 18.8 Å². The second kappa shape index (κ2) is 13.6. The lowest BCUT2D eigenvalue weighted by Gasteiger charge is -2.05. The first-order chi connectivity index (χ1) is 9.16. The highest BCUT2D eigenvalue weighted by Crippen LogP contribution is 2.12. The van der Waals surface area contributed by atoms with Gasteiger partial charge in [0.1, 0.15) is 0 Å². The molecule has 1 unspecified atom stereocenters. The van der Waals surface area contributed by atoms with E-state index in [-0.39, 0.29) is 0 Å². The van der Waals surface area contributed by atoms with E-state index in [0.29, 0.717) is 6.42 Å². The van der Waals surface area contributed by atoms with Gasteiger partial charge in [0.2, 0.25) is 0 Å². The maximum absolute atomic E-state index is 10.3. The Morgan fingerprint density at radius 1 is 1.00 bits per heavy atom. The lowest BCUT2D eigenvalue weighted by Crippen LogP contribution is -1.93. The van der Waals surface area contributed by atoms with E-state index >= 15 is 0 Å². The molecular formula is C17H32O2. The summed E-state index contributed by atoms with van der Waals surface area (Å²) in [6, 6.07) is 0. The van der Waals surface area contributed by atoms with Crippen molar-refractivity contribution in [1.29, 1.82) is 0 Å². The Bertz CT molecular complexity index is 233. The van der Waals surface area contributed by atoms with Crippen molar-refractivity contribution in [3.05, 3.63) is 12.2 Å². The van der Waals surface area contributed by atoms with Gasteiger partial charge in [-0.05, 0) is 38.0 Å². The van der Waals surface area contributed by atoms with Crippen molar-refractivity contribution in [3.63, 3.8) is 0 Å². The van der Waals surface area contributed by atoms with Gasteiger partial charge in [0.25, 0.3) is 0 Å². The predicted octanol–water partition coefficient (Wildman–Crippen LogP) is 5.57. The molecule has 0 rings (SSSR count). The molecule has 19 heavy (non-hydrogen) atoms. The highest BCUT2D eigenvalue weighted by molar-refractivity contribution is 5.66. The molecule has 0 aliphatic heterocycles. The number of rotatable bonds is 13. The molecular weight excluding hydrogens is 236 g/mol. The molecule has 0 aliphatic rings. The van der Waals surface area contributed by atoms with Gasteiger partial charge in [0.15, 0.2) is 0 Å². The minimum atomic E-state index is -0.666. The highest BCUT2D eigenvalue weighted by Gasteiger charge is 1.97. The summed E-state index contributed by atoms with van der Waals surface area (Å²) in [4.78, 5) is 10.3. The summed E-state index contributed by atoms with van der Waals surface area (Å²) in [6.45, 7) is 4.59. The first-order valence-electron chi connectivity index (χ1n) is 8.03. The monoisotopic (exact) mass is 268 g/mol. The predicted molar refractivity (Wildman–Crippen MR) is 82.4 cm³/mol. The molecule has 0 saturated heterocycles. The van der Waals surface area contributed by atoms with Gasteiger partial charge < -0.3 is 5.11 Å². The quantitative estimate of drug-likeness (QED) is 0.350. The molecule has 0 aliphatic carbocycles. The minimum Gasteiger partial charge on any atom is -0.481 e. The third kappa shape index (κ3) is 15.2. The molecule has 0 fully saturated rings. The van der Waals surface area contributed by atoms with Crippen LogP contribution in [0.15, 0.2) is 12.2 Å². The van der Waals surface area contributed by atoms with Crippen LogP contribution in [0.4, 0.5) is 0 Å². The Balaban J connectivity index is 3.15. The molecule has 0 aromatic heterocycles. The smallest absolute Gasteiger partial charge is 0.303 e. The molecule has 0 saturated carbocycles. The summed E-state index contributed by atoms with van der Waals surface area (Å²) >= 11 is 0. The number of hydrogen-bond acceptors (Lipinski definition) is 1. The zero-order valence-electron chi connectivity index (χ0n) is 12.9. The zero-order chi connectivity index (χ0) is 14.3. The Morgan fingerprint density at radius 3 is 2.21 bits per heavy atom. The highest BCUT2D eigenvalue weighted by atomic mass is 16.4. The maximum Gasteiger partial charge on any atom is 0.303 e. The Hall–Kier alpha value is -0.790. The van der Waals surface area contributed by atoms with Crippen LogP contribution in [0, 0.1) is 5.92 Å². The average molecular weight is 268 g/mol. The van der Waals surface area contributed by atoms with E-state index in [4.69, 9.17) is 5.11 Å². The fraction of sp³-hybridized carbons (Fsp3) is 0.824. The van der Waals surface area contributed by atoms with Crippen LogP contribution in [0.25, 0.3) is 0 Å². The normalized spacial score (nSPS) is 12.9. The second-order valence-electron chi connectivity index (χ2n) is 5.62. The molecule has 2 nitrogen and oxygen atoms in total. The number of aliphatic carboxylic acids is 1. The largest absolute Gasteiger partial charge is 0.481 e. The molecule has 0 radical (unpaired) electrons. The van der Waals surface area contributed by atoms with Gasteiger partial charge in [-0.1, -0.05) is 58.1 Å². The summed E-state index contributed by atoms with van der Waals surface area (Å²) in [6.07, 6.45) is 16.9. The van der Waals surface area contributed by atoms with E-state index in [1.165, 1.54) is 51.4 Å². The van der Waals surface area contributed by atoms with Crippen LogP contribution in [0.5, 0.6) is 0 Å². The van der Waals surface area contributed by atoms with E-state index in [9.17, 15) is 4.79 Å². The summed E-state index contributed by atoms with van der Waals surface area (Å²) in [5.41, 5.74) is 0. The van der Waals surface area contributed by atoms with Crippen LogP contribution < -0.4 is 0 Å². The fourth-order valence-corrected chi connectivity index (χ4v) is 2.09. The van der Waals surface area contributed by atoms with Gasteiger partial charge in [0, 0.05) is 6.42 Å². The van der Waals surface area contributed by atoms with Crippen LogP contribution in [0.2, 0.25) is 0 Å². The van der Waals surface area contributed by atoms with Crippen LogP contribution in [0.1, 0.15) is 84.5 Å². The van der Waals surface area contributed by atoms with Crippen molar-refractivity contribution >= 4 is 5.97 Å². The number of unbranched alkanes of at least 4 members (excludes halogenated alkanes) is 6. The third-order valence-corrected chi connectivity index (χ3v) is 3.69. The number of carboxylic acid groups (broad SMARTS) is 1. The minimum absolute atomic E-state index is 0.329. The number of carbonyl (C=O) groups is 1. The van der Waals surface area contributed by atoms with Crippen molar-refractivity contribution in [2.45, 2.75) is 84.5 Å². The maximum atomic E-state index is 10.3. The van der Waals surface area contributed by atoms with Crippen LogP contribution in [0.3, 0.4) is 0 Å². The zero-order valence-corrected chi connectivity index (χ0v) is 12.9. The number of hydrogen-bond donors (Lipinski definition) is 1. The molecule has 2 heteroatoms. The lowest BCUT2D eigenvalue weighted by atomic mass is 10.0. The first-order valence-corrected chi connectivity index (χ1v) is 8.03. The fourth-order valence-electron chi connectivity index (χ4n) is 2.09. The van der Waals surface area contributed by atoms with Gasteiger partial charge in [0.05, 0.1) is 0 Å². The molecule has 0 bridgehead atoms.